The van der Waals surface area contributed by atoms with Crippen LogP contribution in [0, 0.1) is 0 Å². The monoisotopic (exact) mass is 250 g/mol. The molecule has 0 aliphatic carbocycles. The maximum atomic E-state index is 11.0. The van der Waals surface area contributed by atoms with Gasteiger partial charge < -0.3 is 15.1 Å². The first-order chi connectivity index (χ1) is 8.13. The summed E-state index contributed by atoms with van der Waals surface area (Å²) < 4.78 is 4.90. The molecule has 0 bridgehead atoms. The van der Waals surface area contributed by atoms with Crippen molar-refractivity contribution in [3.05, 3.63) is 33.9 Å². The van der Waals surface area contributed by atoms with Gasteiger partial charge in [-0.1, -0.05) is 11.6 Å². The van der Waals surface area contributed by atoms with E-state index >= 15 is 0 Å². The minimum Gasteiger partial charge on any atom is -0.408 e. The third-order valence-corrected chi connectivity index (χ3v) is 2.64. The van der Waals surface area contributed by atoms with Gasteiger partial charge in [-0.25, -0.2) is 9.78 Å². The lowest BCUT2D eigenvalue weighted by Crippen LogP contribution is -1.92. The van der Waals surface area contributed by atoms with Gasteiger partial charge in [0.2, 0.25) is 0 Å². The molecule has 0 aliphatic heterocycles. The molecule has 0 saturated carbocycles. The number of imidazole rings is 1. The van der Waals surface area contributed by atoms with Crippen molar-refractivity contribution in [3.8, 4) is 11.3 Å². The Kier molecular flexibility index (Phi) is 1.99. The fourth-order valence-electron chi connectivity index (χ4n) is 1.66. The molecule has 0 saturated heterocycles. The third-order valence-electron chi connectivity index (χ3n) is 2.37. The zero-order valence-corrected chi connectivity index (χ0v) is 9.21. The molecule has 4 N–H and O–H groups in total. The standard InChI is InChI=1S/C10H7ClN4O2/c11-8-7(14-9(12)15-8)4-1-2-6-5(3-4)13-10(16)17-6/h1-3H,(H,13,16)(H3,12,14,15). The molecular weight excluding hydrogens is 244 g/mol. The lowest BCUT2D eigenvalue weighted by Gasteiger charge is -1.96. The number of nitrogens with zero attached hydrogens (tertiary/aromatic N) is 1. The number of nitrogens with one attached hydrogen (secondary N) is 2. The van der Waals surface area contributed by atoms with Crippen LogP contribution >= 0.6 is 11.6 Å². The smallest absolute Gasteiger partial charge is 0.408 e. The molecule has 0 aliphatic rings. The molecule has 0 unspecified atom stereocenters. The molecule has 3 rings (SSSR count). The molecule has 0 spiro atoms. The first-order valence-corrected chi connectivity index (χ1v) is 5.15. The van der Waals surface area contributed by atoms with Gasteiger partial charge in [0.15, 0.2) is 11.5 Å². The van der Waals surface area contributed by atoms with Crippen LogP contribution in [0.1, 0.15) is 0 Å². The van der Waals surface area contributed by atoms with Gasteiger partial charge >= 0.3 is 5.76 Å². The molecule has 17 heavy (non-hydrogen) atoms. The van der Waals surface area contributed by atoms with Gasteiger partial charge in [-0.3, -0.25) is 4.98 Å². The van der Waals surface area contributed by atoms with Crippen LogP contribution in [0.5, 0.6) is 0 Å². The highest BCUT2D eigenvalue weighted by atomic mass is 35.5. The number of anilines is 1. The second kappa shape index (κ2) is 3.39. The summed E-state index contributed by atoms with van der Waals surface area (Å²) in [6.45, 7) is 0. The molecule has 2 aromatic heterocycles. The Morgan fingerprint density at radius 2 is 2.18 bits per heavy atom. The Labute approximate surface area is 99.4 Å². The number of hydrogen-bond donors (Lipinski definition) is 3. The normalized spacial score (nSPS) is 11.1. The first kappa shape index (κ1) is 9.98. The second-order valence-electron chi connectivity index (χ2n) is 3.51. The highest BCUT2D eigenvalue weighted by Gasteiger charge is 2.10. The average molecular weight is 251 g/mol. The van der Waals surface area contributed by atoms with Crippen LogP contribution < -0.4 is 11.5 Å². The number of nitrogen functional groups attached to an aromatic ring is 1. The van der Waals surface area contributed by atoms with Gasteiger partial charge in [-0.2, -0.15) is 0 Å². The zero-order valence-electron chi connectivity index (χ0n) is 8.45. The van der Waals surface area contributed by atoms with E-state index in [0.29, 0.717) is 21.9 Å². The van der Waals surface area contributed by atoms with Gasteiger partial charge in [0.05, 0.1) is 5.52 Å². The molecule has 86 valence electrons. The molecular formula is C10H7ClN4O2. The van der Waals surface area contributed by atoms with Crippen LogP contribution in [0.15, 0.2) is 27.4 Å². The number of rotatable bonds is 1. The Bertz CT molecular complexity index is 755. The summed E-state index contributed by atoms with van der Waals surface area (Å²) in [6.07, 6.45) is 0. The molecule has 2 heterocycles. The van der Waals surface area contributed by atoms with Gasteiger partial charge in [-0.05, 0) is 18.2 Å². The van der Waals surface area contributed by atoms with E-state index in [1.165, 1.54) is 0 Å². The van der Waals surface area contributed by atoms with Crippen molar-refractivity contribution in [3.63, 3.8) is 0 Å². The number of halogens is 1. The summed E-state index contributed by atoms with van der Waals surface area (Å²) in [5.74, 6) is -0.254. The van der Waals surface area contributed by atoms with Crippen LogP contribution in [0.25, 0.3) is 22.4 Å². The quantitative estimate of drug-likeness (QED) is 0.612. The minimum absolute atomic E-state index is 0.241. The maximum absolute atomic E-state index is 11.0. The molecule has 0 radical (unpaired) electrons. The summed E-state index contributed by atoms with van der Waals surface area (Å²) in [7, 11) is 0. The van der Waals surface area contributed by atoms with E-state index in [0.717, 1.165) is 5.56 Å². The molecule has 1 aromatic carbocycles. The fourth-order valence-corrected chi connectivity index (χ4v) is 1.91. The predicted molar refractivity (Wildman–Crippen MR) is 63.8 cm³/mol. The van der Waals surface area contributed by atoms with Crippen molar-refractivity contribution in [1.29, 1.82) is 0 Å². The van der Waals surface area contributed by atoms with Crippen LogP contribution in [0.2, 0.25) is 5.15 Å². The number of H-pyrrole nitrogens is 2. The SMILES string of the molecule is Nc1nc(-c2ccc3oc(=O)[nH]c3c2)c(Cl)[nH]1. The summed E-state index contributed by atoms with van der Waals surface area (Å²) in [4.78, 5) is 20.3. The van der Waals surface area contributed by atoms with Crippen molar-refractivity contribution < 1.29 is 4.42 Å². The molecule has 0 amide bonds. The number of fused-ring (bicyclic) bond motifs is 1. The highest BCUT2D eigenvalue weighted by molar-refractivity contribution is 6.32. The number of oxazole rings is 1. The van der Waals surface area contributed by atoms with E-state index in [2.05, 4.69) is 15.0 Å². The van der Waals surface area contributed by atoms with Crippen LogP contribution in [-0.2, 0) is 0 Å². The van der Waals surface area contributed by atoms with Crippen LogP contribution in [0.3, 0.4) is 0 Å². The van der Waals surface area contributed by atoms with Crippen molar-refractivity contribution in [2.75, 3.05) is 5.73 Å². The number of aromatic nitrogens is 3. The van der Waals surface area contributed by atoms with Gasteiger partial charge in [-0.15, -0.1) is 0 Å². The highest BCUT2D eigenvalue weighted by Crippen LogP contribution is 2.28. The Morgan fingerprint density at radius 3 is 2.88 bits per heavy atom. The summed E-state index contributed by atoms with van der Waals surface area (Å²) in [6, 6.07) is 5.14. The average Bonchev–Trinajstić information content (AvgIpc) is 2.78. The molecule has 0 atom stereocenters. The van der Waals surface area contributed by atoms with E-state index in [9.17, 15) is 4.79 Å². The first-order valence-electron chi connectivity index (χ1n) is 4.78. The van der Waals surface area contributed by atoms with E-state index in [1.54, 1.807) is 18.2 Å². The molecule has 6 nitrogen and oxygen atoms in total. The maximum Gasteiger partial charge on any atom is 0.417 e. The van der Waals surface area contributed by atoms with E-state index in [4.69, 9.17) is 21.8 Å². The van der Waals surface area contributed by atoms with E-state index < -0.39 is 5.76 Å². The summed E-state index contributed by atoms with van der Waals surface area (Å²) in [5.41, 5.74) is 7.86. The third kappa shape index (κ3) is 1.58. The van der Waals surface area contributed by atoms with E-state index in [1.807, 2.05) is 0 Å². The minimum atomic E-state index is -0.496. The summed E-state index contributed by atoms with van der Waals surface area (Å²) in [5, 5.41) is 0.354. The summed E-state index contributed by atoms with van der Waals surface area (Å²) >= 11 is 5.94. The Balaban J connectivity index is 2.23. The molecule has 3 aromatic rings. The Morgan fingerprint density at radius 1 is 1.35 bits per heavy atom. The fraction of sp³-hybridized carbons (Fsp3) is 0. The number of nitrogens with two attached hydrogens (primary N) is 1. The van der Waals surface area contributed by atoms with Gasteiger partial charge in [0, 0.05) is 5.56 Å². The lowest BCUT2D eigenvalue weighted by molar-refractivity contribution is 0.555. The van der Waals surface area contributed by atoms with E-state index in [-0.39, 0.29) is 5.95 Å². The van der Waals surface area contributed by atoms with Crippen LogP contribution in [-0.4, -0.2) is 15.0 Å². The van der Waals surface area contributed by atoms with Gasteiger partial charge in [0.1, 0.15) is 10.8 Å². The number of aromatic amines is 2. The predicted octanol–water partition coefficient (Wildman–Crippen LogP) is 1.75. The van der Waals surface area contributed by atoms with Crippen molar-refractivity contribution in [1.82, 2.24) is 15.0 Å². The van der Waals surface area contributed by atoms with Crippen LogP contribution in [0.4, 0.5) is 5.95 Å². The Hall–Kier alpha value is -2.21. The molecule has 0 fully saturated rings. The topological polar surface area (TPSA) is 101 Å². The van der Waals surface area contributed by atoms with Crippen molar-refractivity contribution in [2.24, 2.45) is 0 Å². The largest absolute Gasteiger partial charge is 0.417 e. The number of hydrogen-bond acceptors (Lipinski definition) is 4. The number of benzene rings is 1. The van der Waals surface area contributed by atoms with Gasteiger partial charge in [0.25, 0.3) is 0 Å². The molecule has 7 heteroatoms. The lowest BCUT2D eigenvalue weighted by atomic mass is 10.1. The second-order valence-corrected chi connectivity index (χ2v) is 3.89. The zero-order chi connectivity index (χ0) is 12.0. The van der Waals surface area contributed by atoms with Crippen molar-refractivity contribution >= 4 is 28.6 Å². The van der Waals surface area contributed by atoms with Crippen molar-refractivity contribution in [2.45, 2.75) is 0 Å².